The fraction of sp³-hybridized carbons (Fsp3) is 0.375. The minimum absolute atomic E-state index is 0.323. The van der Waals surface area contributed by atoms with Crippen molar-refractivity contribution in [1.29, 1.82) is 0 Å². The van der Waals surface area contributed by atoms with E-state index in [1.165, 1.54) is 16.5 Å². The van der Waals surface area contributed by atoms with Crippen molar-refractivity contribution in [1.82, 2.24) is 24.6 Å². The first-order valence-electron chi connectivity index (χ1n) is 7.30. The Kier molecular flexibility index (Phi) is 3.75. The Morgan fingerprint density at radius 2 is 2.10 bits per heavy atom. The van der Waals surface area contributed by atoms with Gasteiger partial charge in [-0.15, -0.1) is 0 Å². The summed E-state index contributed by atoms with van der Waals surface area (Å²) in [5.74, 6) is 0.988. The maximum atomic E-state index is 4.40. The number of aromatic nitrogens is 4. The Balaban J connectivity index is 1.96. The van der Waals surface area contributed by atoms with Gasteiger partial charge in [-0.1, -0.05) is 12.1 Å². The average Bonchev–Trinajstić information content (AvgIpc) is 3.07. The van der Waals surface area contributed by atoms with E-state index in [1.54, 1.807) is 6.33 Å². The van der Waals surface area contributed by atoms with Crippen molar-refractivity contribution >= 4 is 10.9 Å². The maximum Gasteiger partial charge on any atom is 0.147 e. The van der Waals surface area contributed by atoms with Crippen LogP contribution in [0.3, 0.4) is 0 Å². The van der Waals surface area contributed by atoms with E-state index in [2.05, 4.69) is 64.3 Å². The lowest BCUT2D eigenvalue weighted by molar-refractivity contribution is 0.498. The first-order valence-corrected chi connectivity index (χ1v) is 7.30. The third-order valence-corrected chi connectivity index (χ3v) is 3.67. The molecule has 0 radical (unpaired) electrons. The van der Waals surface area contributed by atoms with Gasteiger partial charge in [-0.25, -0.2) is 9.67 Å². The van der Waals surface area contributed by atoms with Gasteiger partial charge in [0.15, 0.2) is 0 Å². The van der Waals surface area contributed by atoms with E-state index in [4.69, 9.17) is 0 Å². The summed E-state index contributed by atoms with van der Waals surface area (Å²) in [6.45, 7) is 5.86. The fourth-order valence-electron chi connectivity index (χ4n) is 2.65. The second kappa shape index (κ2) is 5.69. The molecule has 21 heavy (non-hydrogen) atoms. The Morgan fingerprint density at radius 1 is 1.24 bits per heavy atom. The minimum atomic E-state index is 0.323. The molecule has 3 aromatic rings. The summed E-state index contributed by atoms with van der Waals surface area (Å²) < 4.78 is 4.21. The molecule has 110 valence electrons. The number of rotatable bonds is 5. The molecule has 0 saturated carbocycles. The SMILES string of the molecule is CNCc1ccc2ccn(Cc3ncnn3C(C)C)c2c1. The molecule has 0 aliphatic heterocycles. The zero-order valence-electron chi connectivity index (χ0n) is 12.7. The van der Waals surface area contributed by atoms with Crippen LogP contribution in [0.15, 0.2) is 36.8 Å². The van der Waals surface area contributed by atoms with E-state index < -0.39 is 0 Å². The quantitative estimate of drug-likeness (QED) is 0.783. The first-order chi connectivity index (χ1) is 10.2. The van der Waals surface area contributed by atoms with Gasteiger partial charge in [-0.2, -0.15) is 5.10 Å². The summed E-state index contributed by atoms with van der Waals surface area (Å²) in [6, 6.07) is 9.05. The zero-order valence-corrected chi connectivity index (χ0v) is 12.7. The van der Waals surface area contributed by atoms with Crippen LogP contribution in [0, 0.1) is 0 Å². The standard InChI is InChI=1S/C16H21N5/c1-12(2)21-16(18-11-19-21)10-20-7-6-14-5-4-13(9-17-3)8-15(14)20/h4-8,11-12,17H,9-10H2,1-3H3. The Labute approximate surface area is 124 Å². The molecule has 0 amide bonds. The molecule has 5 nitrogen and oxygen atoms in total. The zero-order chi connectivity index (χ0) is 14.8. The van der Waals surface area contributed by atoms with Crippen LogP contribution >= 0.6 is 0 Å². The number of hydrogen-bond acceptors (Lipinski definition) is 3. The number of nitrogens with one attached hydrogen (secondary N) is 1. The highest BCUT2D eigenvalue weighted by molar-refractivity contribution is 5.80. The normalized spacial score (nSPS) is 11.6. The van der Waals surface area contributed by atoms with Crippen molar-refractivity contribution in [2.75, 3.05) is 7.05 Å². The molecule has 0 unspecified atom stereocenters. The number of benzene rings is 1. The van der Waals surface area contributed by atoms with E-state index >= 15 is 0 Å². The van der Waals surface area contributed by atoms with Gasteiger partial charge in [0.1, 0.15) is 12.2 Å². The lowest BCUT2D eigenvalue weighted by atomic mass is 10.1. The summed E-state index contributed by atoms with van der Waals surface area (Å²) in [7, 11) is 1.97. The molecule has 0 saturated heterocycles. The highest BCUT2D eigenvalue weighted by Gasteiger charge is 2.10. The summed E-state index contributed by atoms with van der Waals surface area (Å²) in [5, 5.41) is 8.75. The number of nitrogens with zero attached hydrogens (tertiary/aromatic N) is 4. The fourth-order valence-corrected chi connectivity index (χ4v) is 2.65. The highest BCUT2D eigenvalue weighted by atomic mass is 15.4. The van der Waals surface area contributed by atoms with Gasteiger partial charge >= 0.3 is 0 Å². The van der Waals surface area contributed by atoms with Crippen molar-refractivity contribution in [2.24, 2.45) is 0 Å². The Hall–Kier alpha value is -2.14. The monoisotopic (exact) mass is 283 g/mol. The molecule has 5 heteroatoms. The minimum Gasteiger partial charge on any atom is -0.340 e. The van der Waals surface area contributed by atoms with E-state index in [9.17, 15) is 0 Å². The van der Waals surface area contributed by atoms with Gasteiger partial charge in [0.2, 0.25) is 0 Å². The molecule has 0 spiro atoms. The third-order valence-electron chi connectivity index (χ3n) is 3.67. The van der Waals surface area contributed by atoms with Crippen molar-refractivity contribution in [3.63, 3.8) is 0 Å². The molecule has 1 N–H and O–H groups in total. The second-order valence-corrected chi connectivity index (χ2v) is 5.58. The van der Waals surface area contributed by atoms with Gasteiger partial charge in [-0.3, -0.25) is 0 Å². The molecule has 1 aromatic carbocycles. The lowest BCUT2D eigenvalue weighted by Gasteiger charge is -2.11. The van der Waals surface area contributed by atoms with E-state index in [-0.39, 0.29) is 0 Å². The highest BCUT2D eigenvalue weighted by Crippen LogP contribution is 2.19. The molecule has 0 fully saturated rings. The smallest absolute Gasteiger partial charge is 0.147 e. The van der Waals surface area contributed by atoms with Gasteiger partial charge in [-0.05, 0) is 44.0 Å². The molecule has 0 aliphatic rings. The van der Waals surface area contributed by atoms with Crippen LogP contribution in [0.5, 0.6) is 0 Å². The van der Waals surface area contributed by atoms with E-state index in [0.29, 0.717) is 6.04 Å². The summed E-state index contributed by atoms with van der Waals surface area (Å²) >= 11 is 0. The molecule has 0 aliphatic carbocycles. The van der Waals surface area contributed by atoms with Gasteiger partial charge in [0.25, 0.3) is 0 Å². The molecular weight excluding hydrogens is 262 g/mol. The van der Waals surface area contributed by atoms with Crippen LogP contribution in [0.2, 0.25) is 0 Å². The molecule has 0 bridgehead atoms. The predicted octanol–water partition coefficient (Wildman–Crippen LogP) is 2.58. The van der Waals surface area contributed by atoms with Crippen LogP contribution in [0.25, 0.3) is 10.9 Å². The maximum absolute atomic E-state index is 4.40. The van der Waals surface area contributed by atoms with Gasteiger partial charge in [0, 0.05) is 24.3 Å². The van der Waals surface area contributed by atoms with Gasteiger partial charge in [0.05, 0.1) is 6.54 Å². The topological polar surface area (TPSA) is 47.7 Å². The number of hydrogen-bond donors (Lipinski definition) is 1. The lowest BCUT2D eigenvalue weighted by Crippen LogP contribution is -2.11. The predicted molar refractivity (Wildman–Crippen MR) is 84.2 cm³/mol. The molecule has 2 heterocycles. The van der Waals surface area contributed by atoms with E-state index in [1.807, 2.05) is 11.7 Å². The molecular formula is C16H21N5. The average molecular weight is 283 g/mol. The van der Waals surface area contributed by atoms with E-state index in [0.717, 1.165) is 18.9 Å². The molecule has 2 aromatic heterocycles. The molecule has 0 atom stereocenters. The van der Waals surface area contributed by atoms with Crippen LogP contribution in [-0.2, 0) is 13.1 Å². The van der Waals surface area contributed by atoms with Crippen LogP contribution < -0.4 is 5.32 Å². The van der Waals surface area contributed by atoms with Crippen LogP contribution in [0.1, 0.15) is 31.3 Å². The summed E-state index contributed by atoms with van der Waals surface area (Å²) in [6.07, 6.45) is 3.75. The van der Waals surface area contributed by atoms with Crippen molar-refractivity contribution in [3.05, 3.63) is 48.2 Å². The van der Waals surface area contributed by atoms with Gasteiger partial charge < -0.3 is 9.88 Å². The van der Waals surface area contributed by atoms with Crippen LogP contribution in [-0.4, -0.2) is 26.4 Å². The summed E-state index contributed by atoms with van der Waals surface area (Å²) in [4.78, 5) is 4.40. The third kappa shape index (κ3) is 2.69. The van der Waals surface area contributed by atoms with Crippen molar-refractivity contribution in [3.8, 4) is 0 Å². The first kappa shape index (κ1) is 13.8. The molecule has 3 rings (SSSR count). The largest absolute Gasteiger partial charge is 0.340 e. The van der Waals surface area contributed by atoms with Crippen LogP contribution in [0.4, 0.5) is 0 Å². The Morgan fingerprint density at radius 3 is 2.86 bits per heavy atom. The summed E-state index contributed by atoms with van der Waals surface area (Å²) in [5.41, 5.74) is 2.52. The Bertz CT molecular complexity index is 738. The second-order valence-electron chi connectivity index (χ2n) is 5.58. The number of fused-ring (bicyclic) bond motifs is 1. The van der Waals surface area contributed by atoms with Crippen molar-refractivity contribution in [2.45, 2.75) is 33.0 Å². The van der Waals surface area contributed by atoms with Crippen molar-refractivity contribution < 1.29 is 0 Å².